The molecule has 0 amide bonds. The fourth-order valence-corrected chi connectivity index (χ4v) is 7.85. The number of hydrogen-bond donors (Lipinski definition) is 0. The summed E-state index contributed by atoms with van der Waals surface area (Å²) in [5, 5.41) is 5.84. The Morgan fingerprint density at radius 1 is 0.622 bits per heavy atom. The van der Waals surface area contributed by atoms with E-state index in [0.29, 0.717) is 5.95 Å². The van der Waals surface area contributed by atoms with Gasteiger partial charge in [0.15, 0.2) is 0 Å². The normalized spacial score (nSPS) is 16.1. The molecule has 5 aromatic carbocycles. The summed E-state index contributed by atoms with van der Waals surface area (Å²) < 4.78 is 17.6. The van der Waals surface area contributed by atoms with Crippen molar-refractivity contribution in [3.8, 4) is 17.2 Å². The zero-order valence-electron chi connectivity index (χ0n) is 25.5. The number of thiophene rings is 1. The molecule has 7 heteroatoms. The summed E-state index contributed by atoms with van der Waals surface area (Å²) in [7, 11) is -0.468. The maximum atomic E-state index is 6.46. The van der Waals surface area contributed by atoms with Crippen molar-refractivity contribution in [2.45, 2.75) is 38.9 Å². The molecule has 0 N–H and O–H groups in total. The first-order valence-electron chi connectivity index (χ1n) is 15.4. The fourth-order valence-electron chi connectivity index (χ4n) is 6.63. The summed E-state index contributed by atoms with van der Waals surface area (Å²) in [6.07, 6.45) is 0. The average molecular weight is 604 g/mol. The van der Waals surface area contributed by atoms with Crippen LogP contribution in [0.1, 0.15) is 27.7 Å². The molecule has 0 atom stereocenters. The highest BCUT2D eigenvalue weighted by molar-refractivity contribution is 7.26. The van der Waals surface area contributed by atoms with Gasteiger partial charge in [0.25, 0.3) is 0 Å². The highest BCUT2D eigenvalue weighted by atomic mass is 32.1. The van der Waals surface area contributed by atoms with Crippen LogP contribution >= 0.6 is 11.3 Å². The number of fused-ring (bicyclic) bond motifs is 7. The smallest absolute Gasteiger partial charge is 0.399 e. The first-order valence-corrected chi connectivity index (χ1v) is 16.2. The molecule has 0 aliphatic carbocycles. The van der Waals surface area contributed by atoms with Gasteiger partial charge in [0, 0.05) is 41.9 Å². The lowest BCUT2D eigenvalue weighted by Crippen LogP contribution is -2.41. The van der Waals surface area contributed by atoms with Crippen molar-refractivity contribution in [2.24, 2.45) is 0 Å². The lowest BCUT2D eigenvalue weighted by Gasteiger charge is -2.32. The van der Waals surface area contributed by atoms with E-state index in [0.717, 1.165) is 49.4 Å². The molecular weight excluding hydrogens is 573 g/mol. The molecule has 0 radical (unpaired) electrons. The van der Waals surface area contributed by atoms with E-state index in [1.807, 2.05) is 17.4 Å². The quantitative estimate of drug-likeness (QED) is 0.189. The van der Waals surface area contributed by atoms with E-state index in [2.05, 4.69) is 135 Å². The third-order valence-corrected chi connectivity index (χ3v) is 10.9. The Morgan fingerprint density at radius 2 is 1.29 bits per heavy atom. The van der Waals surface area contributed by atoms with Gasteiger partial charge < -0.3 is 9.31 Å². The van der Waals surface area contributed by atoms with Crippen LogP contribution in [0.3, 0.4) is 0 Å². The Kier molecular flexibility index (Phi) is 5.65. The van der Waals surface area contributed by atoms with E-state index < -0.39 is 18.3 Å². The minimum absolute atomic E-state index is 0.427. The van der Waals surface area contributed by atoms with Crippen LogP contribution in [-0.2, 0) is 9.31 Å². The molecule has 1 aliphatic heterocycles. The fraction of sp³-hybridized carbons (Fsp3) is 0.158. The Hall–Kier alpha value is -4.56. The maximum absolute atomic E-state index is 6.46. The molecule has 4 heterocycles. The minimum Gasteiger partial charge on any atom is -0.399 e. The summed E-state index contributed by atoms with van der Waals surface area (Å²) >= 11 is 1.82. The molecule has 8 aromatic rings. The Balaban J connectivity index is 1.32. The number of nitrogens with zero attached hydrogens (tertiary/aromatic N) is 3. The van der Waals surface area contributed by atoms with E-state index >= 15 is 0 Å². The predicted octanol–water partition coefficient (Wildman–Crippen LogP) is 9.06. The molecule has 45 heavy (non-hydrogen) atoms. The number of hydrogen-bond acceptors (Lipinski definition) is 5. The lowest BCUT2D eigenvalue weighted by molar-refractivity contribution is 0.00578. The van der Waals surface area contributed by atoms with Gasteiger partial charge in [0.1, 0.15) is 0 Å². The zero-order valence-corrected chi connectivity index (χ0v) is 26.4. The number of aromatic nitrogens is 3. The molecule has 3 aromatic heterocycles. The van der Waals surface area contributed by atoms with Crippen molar-refractivity contribution in [1.29, 1.82) is 0 Å². The van der Waals surface area contributed by atoms with E-state index in [4.69, 9.17) is 19.3 Å². The van der Waals surface area contributed by atoms with Crippen molar-refractivity contribution in [3.63, 3.8) is 0 Å². The molecule has 0 bridgehead atoms. The van der Waals surface area contributed by atoms with Gasteiger partial charge in [-0.25, -0.2) is 9.97 Å². The minimum atomic E-state index is -0.468. The topological polar surface area (TPSA) is 49.2 Å². The van der Waals surface area contributed by atoms with Crippen molar-refractivity contribution in [3.05, 3.63) is 109 Å². The molecule has 0 spiro atoms. The Bertz CT molecular complexity index is 2460. The van der Waals surface area contributed by atoms with Crippen molar-refractivity contribution in [1.82, 2.24) is 14.5 Å². The maximum Gasteiger partial charge on any atom is 0.494 e. The van der Waals surface area contributed by atoms with E-state index in [1.54, 1.807) is 0 Å². The van der Waals surface area contributed by atoms with Crippen molar-refractivity contribution >= 4 is 76.8 Å². The molecule has 218 valence electrons. The van der Waals surface area contributed by atoms with Crippen LogP contribution in [0, 0.1) is 0 Å². The number of para-hydroxylation sites is 2. The molecule has 1 fully saturated rings. The zero-order chi connectivity index (χ0) is 30.5. The molecule has 1 aliphatic rings. The predicted molar refractivity (Wildman–Crippen MR) is 188 cm³/mol. The van der Waals surface area contributed by atoms with Gasteiger partial charge in [-0.2, -0.15) is 0 Å². The standard InChI is InChI=1S/C38H30BN3O2S/c1-37(2)38(3,4)44-39(43-37)23-20-21-25-24-12-6-9-18-31(24)42(32(25)22-23)36-40-30-17-8-5-14-28(30)34(41-36)29-16-11-15-27-26-13-7-10-19-33(26)45-35(27)29/h5-22H,1-4H3. The van der Waals surface area contributed by atoms with Crippen molar-refractivity contribution in [2.75, 3.05) is 0 Å². The SMILES string of the molecule is CC1(C)OB(c2ccc3c4ccccc4n(-c4nc(-c5cccc6c5sc5ccccc56)c5ccccc5n4)c3c2)OC1(C)C. The van der Waals surface area contributed by atoms with Crippen LogP contribution in [-0.4, -0.2) is 32.9 Å². The van der Waals surface area contributed by atoms with Gasteiger partial charge in [-0.05, 0) is 57.4 Å². The summed E-state index contributed by atoms with van der Waals surface area (Å²) in [6, 6.07) is 38.5. The van der Waals surface area contributed by atoms with Gasteiger partial charge in [0.05, 0.1) is 33.4 Å². The molecular formula is C38H30BN3O2S. The van der Waals surface area contributed by atoms with Crippen LogP contribution in [0.5, 0.6) is 0 Å². The highest BCUT2D eigenvalue weighted by Crippen LogP contribution is 2.42. The van der Waals surface area contributed by atoms with E-state index in [1.165, 1.54) is 20.2 Å². The van der Waals surface area contributed by atoms with E-state index in [-0.39, 0.29) is 0 Å². The van der Waals surface area contributed by atoms with Crippen LogP contribution in [0.15, 0.2) is 109 Å². The highest BCUT2D eigenvalue weighted by Gasteiger charge is 2.51. The van der Waals surface area contributed by atoms with Gasteiger partial charge in [-0.1, -0.05) is 84.9 Å². The van der Waals surface area contributed by atoms with Crippen LogP contribution in [0.25, 0.3) is 70.1 Å². The van der Waals surface area contributed by atoms with Gasteiger partial charge in [-0.15, -0.1) is 11.3 Å². The monoisotopic (exact) mass is 603 g/mol. The second kappa shape index (κ2) is 9.47. The van der Waals surface area contributed by atoms with Crippen LogP contribution in [0.2, 0.25) is 0 Å². The molecule has 9 rings (SSSR count). The third-order valence-electron chi connectivity index (χ3n) is 9.67. The summed E-state index contributed by atoms with van der Waals surface area (Å²) in [6.45, 7) is 8.35. The first-order chi connectivity index (χ1) is 21.8. The van der Waals surface area contributed by atoms with Gasteiger partial charge in [-0.3, -0.25) is 4.57 Å². The van der Waals surface area contributed by atoms with Crippen LogP contribution in [0.4, 0.5) is 0 Å². The molecule has 1 saturated heterocycles. The molecule has 5 nitrogen and oxygen atoms in total. The van der Waals surface area contributed by atoms with E-state index in [9.17, 15) is 0 Å². The van der Waals surface area contributed by atoms with Crippen LogP contribution < -0.4 is 5.46 Å². The summed E-state index contributed by atoms with van der Waals surface area (Å²) in [4.78, 5) is 10.6. The van der Waals surface area contributed by atoms with Crippen molar-refractivity contribution < 1.29 is 9.31 Å². The lowest BCUT2D eigenvalue weighted by atomic mass is 9.79. The second-order valence-electron chi connectivity index (χ2n) is 12.9. The largest absolute Gasteiger partial charge is 0.494 e. The molecule has 0 unspecified atom stereocenters. The van der Waals surface area contributed by atoms with Gasteiger partial charge >= 0.3 is 7.12 Å². The number of rotatable bonds is 3. The molecule has 0 saturated carbocycles. The summed E-state index contributed by atoms with van der Waals surface area (Å²) in [5.74, 6) is 0.638. The third kappa shape index (κ3) is 3.94. The Labute approximate surface area is 265 Å². The van der Waals surface area contributed by atoms with Gasteiger partial charge in [0.2, 0.25) is 5.95 Å². The number of benzene rings is 5. The second-order valence-corrected chi connectivity index (χ2v) is 13.9. The first kappa shape index (κ1) is 26.8. The Morgan fingerprint density at radius 3 is 2.11 bits per heavy atom. The summed E-state index contributed by atoms with van der Waals surface area (Å²) in [5.41, 5.74) is 5.15. The average Bonchev–Trinajstić information content (AvgIpc) is 3.66.